The van der Waals surface area contributed by atoms with Crippen LogP contribution in [0.25, 0.3) is 0 Å². The summed E-state index contributed by atoms with van der Waals surface area (Å²) in [6.45, 7) is 0. The van der Waals surface area contributed by atoms with Gasteiger partial charge in [-0.2, -0.15) is 0 Å². The average molecular weight is 246 g/mol. The van der Waals surface area contributed by atoms with Crippen LogP contribution in [0, 0.1) is 0 Å². The quantitative estimate of drug-likeness (QED) is 0.889. The van der Waals surface area contributed by atoms with Crippen molar-refractivity contribution in [3.8, 4) is 0 Å². The summed E-state index contributed by atoms with van der Waals surface area (Å²) in [4.78, 5) is 3.63. The molecule has 1 unspecified atom stereocenters. The fraction of sp³-hybridized carbons (Fsp3) is 0.286. The summed E-state index contributed by atoms with van der Waals surface area (Å²) in [7, 11) is 6.18. The molecule has 2 aromatic rings. The molecule has 0 saturated heterocycles. The summed E-state index contributed by atoms with van der Waals surface area (Å²) in [6.07, 6.45) is 0. The van der Waals surface area contributed by atoms with E-state index in [1.807, 2.05) is 7.05 Å². The highest BCUT2D eigenvalue weighted by Crippen LogP contribution is 2.30. The van der Waals surface area contributed by atoms with Gasteiger partial charge in [-0.25, -0.2) is 0 Å². The van der Waals surface area contributed by atoms with Gasteiger partial charge in [-0.15, -0.1) is 11.3 Å². The number of rotatable bonds is 4. The molecule has 1 atom stereocenters. The second kappa shape index (κ2) is 5.34. The number of hydrogen-bond donors (Lipinski definition) is 1. The van der Waals surface area contributed by atoms with Crippen LogP contribution >= 0.6 is 11.3 Å². The van der Waals surface area contributed by atoms with Gasteiger partial charge in [0, 0.05) is 17.6 Å². The number of thiophene rings is 1. The van der Waals surface area contributed by atoms with Crippen LogP contribution in [0.1, 0.15) is 16.5 Å². The number of nitrogens with one attached hydrogen (secondary N) is 1. The molecule has 0 aliphatic rings. The lowest BCUT2D eigenvalue weighted by Crippen LogP contribution is -2.20. The summed E-state index contributed by atoms with van der Waals surface area (Å²) in [5.74, 6) is 0. The molecule has 0 amide bonds. The third-order valence-electron chi connectivity index (χ3n) is 2.84. The molecule has 0 aliphatic heterocycles. The molecule has 1 aromatic heterocycles. The summed E-state index contributed by atoms with van der Waals surface area (Å²) in [5, 5.41) is 5.28. The molecule has 0 aliphatic carbocycles. The van der Waals surface area contributed by atoms with E-state index in [9.17, 15) is 0 Å². The predicted molar refractivity (Wildman–Crippen MR) is 75.8 cm³/mol. The maximum Gasteiger partial charge on any atom is 0.0691 e. The van der Waals surface area contributed by atoms with E-state index in [1.165, 1.54) is 10.4 Å². The van der Waals surface area contributed by atoms with Gasteiger partial charge >= 0.3 is 0 Å². The first-order valence-electron chi connectivity index (χ1n) is 5.70. The lowest BCUT2D eigenvalue weighted by molar-refractivity contribution is 0.346. The van der Waals surface area contributed by atoms with E-state index in [4.69, 9.17) is 0 Å². The zero-order chi connectivity index (χ0) is 12.3. The maximum atomic E-state index is 3.15. The highest BCUT2D eigenvalue weighted by atomic mass is 32.1. The molecule has 0 fully saturated rings. The van der Waals surface area contributed by atoms with Crippen molar-refractivity contribution in [1.82, 2.24) is 4.90 Å². The van der Waals surface area contributed by atoms with Gasteiger partial charge in [0.25, 0.3) is 0 Å². The van der Waals surface area contributed by atoms with Gasteiger partial charge in [-0.1, -0.05) is 18.2 Å². The van der Waals surface area contributed by atoms with Crippen molar-refractivity contribution in [1.29, 1.82) is 0 Å². The molecule has 0 spiro atoms. The van der Waals surface area contributed by atoms with Gasteiger partial charge < -0.3 is 5.32 Å². The molecule has 1 N–H and O–H groups in total. The Hall–Kier alpha value is -1.32. The van der Waals surface area contributed by atoms with E-state index in [2.05, 4.69) is 66.1 Å². The van der Waals surface area contributed by atoms with Gasteiger partial charge in [0.2, 0.25) is 0 Å². The Morgan fingerprint density at radius 2 is 1.82 bits per heavy atom. The van der Waals surface area contributed by atoms with Crippen molar-refractivity contribution in [2.24, 2.45) is 0 Å². The van der Waals surface area contributed by atoms with Crippen molar-refractivity contribution in [2.45, 2.75) is 6.04 Å². The second-order valence-electron chi connectivity index (χ2n) is 4.25. The molecular weight excluding hydrogens is 228 g/mol. The Balaban J connectivity index is 2.33. The van der Waals surface area contributed by atoms with E-state index >= 15 is 0 Å². The normalized spacial score (nSPS) is 12.7. The highest BCUT2D eigenvalue weighted by Gasteiger charge is 2.17. The summed E-state index contributed by atoms with van der Waals surface area (Å²) in [5.41, 5.74) is 2.48. The first-order valence-corrected chi connectivity index (χ1v) is 6.58. The minimum Gasteiger partial charge on any atom is -0.388 e. The van der Waals surface area contributed by atoms with E-state index in [0.29, 0.717) is 6.04 Å². The lowest BCUT2D eigenvalue weighted by Gasteiger charge is -2.23. The molecule has 1 aromatic carbocycles. The van der Waals surface area contributed by atoms with Crippen LogP contribution < -0.4 is 5.32 Å². The molecular formula is C14H18N2S. The molecule has 0 saturated carbocycles. The van der Waals surface area contributed by atoms with Crippen LogP contribution in [0.5, 0.6) is 0 Å². The Morgan fingerprint density at radius 3 is 2.29 bits per heavy atom. The number of anilines is 1. The van der Waals surface area contributed by atoms with Gasteiger partial charge in [0.15, 0.2) is 0 Å². The van der Waals surface area contributed by atoms with Crippen molar-refractivity contribution >= 4 is 17.0 Å². The molecule has 0 bridgehead atoms. The van der Waals surface area contributed by atoms with Crippen LogP contribution in [0.2, 0.25) is 0 Å². The second-order valence-corrected chi connectivity index (χ2v) is 5.23. The van der Waals surface area contributed by atoms with Crippen molar-refractivity contribution in [3.05, 3.63) is 52.2 Å². The van der Waals surface area contributed by atoms with Crippen molar-refractivity contribution in [3.63, 3.8) is 0 Å². The lowest BCUT2D eigenvalue weighted by atomic mass is 10.0. The van der Waals surface area contributed by atoms with E-state index < -0.39 is 0 Å². The molecule has 2 rings (SSSR count). The summed E-state index contributed by atoms with van der Waals surface area (Å²) < 4.78 is 0. The summed E-state index contributed by atoms with van der Waals surface area (Å²) in [6, 6.07) is 13.3. The monoisotopic (exact) mass is 246 g/mol. The molecule has 2 nitrogen and oxygen atoms in total. The van der Waals surface area contributed by atoms with Crippen molar-refractivity contribution in [2.75, 3.05) is 26.5 Å². The SMILES string of the molecule is CNc1ccc(C(c2cccs2)N(C)C)cc1. The van der Waals surface area contributed by atoms with Crippen molar-refractivity contribution < 1.29 is 0 Å². The maximum absolute atomic E-state index is 3.15. The van der Waals surface area contributed by atoms with E-state index in [1.54, 1.807) is 11.3 Å². The van der Waals surface area contributed by atoms with Crippen LogP contribution in [-0.4, -0.2) is 26.0 Å². The zero-order valence-electron chi connectivity index (χ0n) is 10.5. The Labute approximate surface area is 107 Å². The molecule has 17 heavy (non-hydrogen) atoms. The molecule has 0 radical (unpaired) electrons. The fourth-order valence-corrected chi connectivity index (χ4v) is 2.94. The van der Waals surface area contributed by atoms with Gasteiger partial charge in [0.05, 0.1) is 6.04 Å². The Kier molecular flexibility index (Phi) is 3.82. The van der Waals surface area contributed by atoms with Crippen LogP contribution in [0.15, 0.2) is 41.8 Å². The molecule has 1 heterocycles. The molecule has 90 valence electrons. The third-order valence-corrected chi connectivity index (χ3v) is 3.77. The first kappa shape index (κ1) is 12.1. The predicted octanol–water partition coefficient (Wildman–Crippen LogP) is 3.44. The standard InChI is InChI=1S/C14H18N2S/c1-15-12-8-6-11(7-9-12)14(16(2)3)13-5-4-10-17-13/h4-10,14-15H,1-3H3. The van der Waals surface area contributed by atoms with Crippen LogP contribution in [0.3, 0.4) is 0 Å². The van der Waals surface area contributed by atoms with Crippen LogP contribution in [-0.2, 0) is 0 Å². The minimum atomic E-state index is 0.348. The Bertz CT molecular complexity index is 446. The average Bonchev–Trinajstić information content (AvgIpc) is 2.83. The number of hydrogen-bond acceptors (Lipinski definition) is 3. The Morgan fingerprint density at radius 1 is 1.12 bits per heavy atom. The van der Waals surface area contributed by atoms with Crippen LogP contribution in [0.4, 0.5) is 5.69 Å². The molecule has 3 heteroatoms. The van der Waals surface area contributed by atoms with Gasteiger partial charge in [-0.05, 0) is 43.2 Å². The number of nitrogens with zero attached hydrogens (tertiary/aromatic N) is 1. The highest BCUT2D eigenvalue weighted by molar-refractivity contribution is 7.10. The first-order chi connectivity index (χ1) is 8.22. The smallest absolute Gasteiger partial charge is 0.0691 e. The third kappa shape index (κ3) is 2.68. The topological polar surface area (TPSA) is 15.3 Å². The largest absolute Gasteiger partial charge is 0.388 e. The number of benzene rings is 1. The van der Waals surface area contributed by atoms with Gasteiger partial charge in [-0.3, -0.25) is 4.90 Å². The van der Waals surface area contributed by atoms with Gasteiger partial charge in [0.1, 0.15) is 0 Å². The zero-order valence-corrected chi connectivity index (χ0v) is 11.3. The fourth-order valence-electron chi connectivity index (χ4n) is 2.00. The minimum absolute atomic E-state index is 0.348. The van der Waals surface area contributed by atoms with E-state index in [-0.39, 0.29) is 0 Å². The van der Waals surface area contributed by atoms with E-state index in [0.717, 1.165) is 5.69 Å². The summed E-state index contributed by atoms with van der Waals surface area (Å²) >= 11 is 1.81.